The second-order valence-corrected chi connectivity index (χ2v) is 4.99. The van der Waals surface area contributed by atoms with Crippen molar-refractivity contribution in [3.05, 3.63) is 29.8 Å². The molecule has 22 heavy (non-hydrogen) atoms. The fourth-order valence-corrected chi connectivity index (χ4v) is 1.78. The molecule has 0 radical (unpaired) electrons. The Morgan fingerprint density at radius 2 is 1.77 bits per heavy atom. The van der Waals surface area contributed by atoms with Crippen molar-refractivity contribution in [3.63, 3.8) is 0 Å². The number of aliphatic carboxylic acids is 1. The number of nitrogens with zero attached hydrogens (tertiary/aromatic N) is 1. The Balaban J connectivity index is 2.25. The van der Waals surface area contributed by atoms with Crippen LogP contribution in [0.15, 0.2) is 24.3 Å². The summed E-state index contributed by atoms with van der Waals surface area (Å²) >= 11 is 0. The molecule has 6 nitrogen and oxygen atoms in total. The van der Waals surface area contributed by atoms with Gasteiger partial charge in [-0.2, -0.15) is 0 Å². The molecule has 0 aliphatic heterocycles. The fraction of sp³-hybridized carbons (Fsp3) is 0.438. The zero-order chi connectivity index (χ0) is 16.5. The predicted molar refractivity (Wildman–Crippen MR) is 81.1 cm³/mol. The molecule has 0 fully saturated rings. The zero-order valence-corrected chi connectivity index (χ0v) is 12.9. The summed E-state index contributed by atoms with van der Waals surface area (Å²) in [5.74, 6) is -0.369. The van der Waals surface area contributed by atoms with E-state index in [1.807, 2.05) is 0 Å². The lowest BCUT2D eigenvalue weighted by molar-refractivity contribution is -0.138. The van der Waals surface area contributed by atoms with Crippen LogP contribution < -0.4 is 4.74 Å². The van der Waals surface area contributed by atoms with E-state index in [9.17, 15) is 14.4 Å². The Labute approximate surface area is 129 Å². The SMILES string of the molecule is CC(=O)c1ccc(OCCCC(=O)N(C)CCC(=O)O)cc1. The monoisotopic (exact) mass is 307 g/mol. The molecule has 1 amide bonds. The number of carboxylic acid groups (broad SMARTS) is 1. The van der Waals surface area contributed by atoms with Gasteiger partial charge in [-0.05, 0) is 37.6 Å². The van der Waals surface area contributed by atoms with Crippen LogP contribution in [0.2, 0.25) is 0 Å². The summed E-state index contributed by atoms with van der Waals surface area (Å²) in [4.78, 5) is 34.7. The summed E-state index contributed by atoms with van der Waals surface area (Å²) in [6, 6.07) is 6.83. The minimum Gasteiger partial charge on any atom is -0.494 e. The number of rotatable bonds is 9. The summed E-state index contributed by atoms with van der Waals surface area (Å²) < 4.78 is 5.49. The van der Waals surface area contributed by atoms with Crippen molar-refractivity contribution >= 4 is 17.7 Å². The first kappa shape index (κ1) is 17.7. The molecule has 1 aromatic rings. The maximum Gasteiger partial charge on any atom is 0.305 e. The molecule has 0 saturated carbocycles. The van der Waals surface area contributed by atoms with Crippen molar-refractivity contribution in [2.75, 3.05) is 20.2 Å². The fourth-order valence-electron chi connectivity index (χ4n) is 1.78. The van der Waals surface area contributed by atoms with E-state index in [1.54, 1.807) is 31.3 Å². The van der Waals surface area contributed by atoms with Crippen molar-refractivity contribution < 1.29 is 24.2 Å². The third kappa shape index (κ3) is 6.39. The van der Waals surface area contributed by atoms with Gasteiger partial charge in [0.2, 0.25) is 5.91 Å². The number of carboxylic acids is 1. The number of ketones is 1. The highest BCUT2D eigenvalue weighted by molar-refractivity contribution is 5.94. The number of carbonyl (C=O) groups excluding carboxylic acids is 2. The molecule has 1 aromatic carbocycles. The first-order valence-electron chi connectivity index (χ1n) is 7.09. The number of ether oxygens (including phenoxy) is 1. The van der Waals surface area contributed by atoms with Gasteiger partial charge < -0.3 is 14.7 Å². The summed E-state index contributed by atoms with van der Waals surface area (Å²) in [7, 11) is 1.59. The molecule has 6 heteroatoms. The van der Waals surface area contributed by atoms with Gasteiger partial charge in [0.15, 0.2) is 5.78 Å². The number of amides is 1. The molecule has 0 heterocycles. The second kappa shape index (κ2) is 8.81. The average Bonchev–Trinajstić information content (AvgIpc) is 2.49. The molecule has 0 bridgehead atoms. The number of hydrogen-bond acceptors (Lipinski definition) is 4. The molecule has 0 spiro atoms. The summed E-state index contributed by atoms with van der Waals surface area (Å²) in [5, 5.41) is 8.56. The molecule has 0 unspecified atom stereocenters. The standard InChI is InChI=1S/C16H21NO5/c1-12(18)13-5-7-14(8-6-13)22-11-3-4-15(19)17(2)10-9-16(20)21/h5-8H,3-4,9-11H2,1-2H3,(H,20,21). The van der Waals surface area contributed by atoms with Gasteiger partial charge in [0.05, 0.1) is 13.0 Å². The molecule has 120 valence electrons. The molecule has 1 N–H and O–H groups in total. The van der Waals surface area contributed by atoms with Gasteiger partial charge in [0.25, 0.3) is 0 Å². The smallest absolute Gasteiger partial charge is 0.305 e. The van der Waals surface area contributed by atoms with Crippen molar-refractivity contribution in [3.8, 4) is 5.75 Å². The summed E-state index contributed by atoms with van der Waals surface area (Å²) in [6.45, 7) is 2.10. The van der Waals surface area contributed by atoms with E-state index in [-0.39, 0.29) is 24.7 Å². The van der Waals surface area contributed by atoms with E-state index in [0.717, 1.165) is 0 Å². The Hall–Kier alpha value is -2.37. The molecular weight excluding hydrogens is 286 g/mol. The van der Waals surface area contributed by atoms with Gasteiger partial charge in [0.1, 0.15) is 5.75 Å². The van der Waals surface area contributed by atoms with Crippen LogP contribution in [0.5, 0.6) is 5.75 Å². The Kier molecular flexibility index (Phi) is 7.08. The Bertz CT molecular complexity index is 524. The highest BCUT2D eigenvalue weighted by atomic mass is 16.5. The van der Waals surface area contributed by atoms with E-state index in [4.69, 9.17) is 9.84 Å². The molecular formula is C16H21NO5. The summed E-state index contributed by atoms with van der Waals surface area (Å²) in [5.41, 5.74) is 0.627. The summed E-state index contributed by atoms with van der Waals surface area (Å²) in [6.07, 6.45) is 0.799. The van der Waals surface area contributed by atoms with Crippen molar-refractivity contribution in [1.82, 2.24) is 4.90 Å². The lowest BCUT2D eigenvalue weighted by atomic mass is 10.1. The normalized spacial score (nSPS) is 10.1. The molecule has 0 atom stereocenters. The maximum absolute atomic E-state index is 11.7. The third-order valence-corrected chi connectivity index (χ3v) is 3.15. The largest absolute Gasteiger partial charge is 0.494 e. The van der Waals surface area contributed by atoms with Crippen molar-refractivity contribution in [2.45, 2.75) is 26.2 Å². The molecule has 0 aliphatic rings. The van der Waals surface area contributed by atoms with E-state index in [1.165, 1.54) is 11.8 Å². The molecule has 0 aromatic heterocycles. The van der Waals surface area contributed by atoms with Gasteiger partial charge in [-0.1, -0.05) is 0 Å². The molecule has 1 rings (SSSR count). The van der Waals surface area contributed by atoms with Crippen LogP contribution in [0.25, 0.3) is 0 Å². The van der Waals surface area contributed by atoms with E-state index in [0.29, 0.717) is 30.8 Å². The highest BCUT2D eigenvalue weighted by Crippen LogP contribution is 2.13. The van der Waals surface area contributed by atoms with Crippen molar-refractivity contribution in [1.29, 1.82) is 0 Å². The van der Waals surface area contributed by atoms with Gasteiger partial charge in [-0.25, -0.2) is 0 Å². The Morgan fingerprint density at radius 1 is 1.14 bits per heavy atom. The van der Waals surface area contributed by atoms with Crippen molar-refractivity contribution in [2.24, 2.45) is 0 Å². The number of hydrogen-bond donors (Lipinski definition) is 1. The van der Waals surface area contributed by atoms with Crippen LogP contribution in [0, 0.1) is 0 Å². The first-order valence-corrected chi connectivity index (χ1v) is 7.09. The predicted octanol–water partition coefficient (Wildman–Crippen LogP) is 1.98. The van der Waals surface area contributed by atoms with Crippen LogP contribution in [0.4, 0.5) is 0 Å². The minimum atomic E-state index is -0.919. The topological polar surface area (TPSA) is 83.9 Å². The number of carbonyl (C=O) groups is 3. The van der Waals surface area contributed by atoms with E-state index in [2.05, 4.69) is 0 Å². The third-order valence-electron chi connectivity index (χ3n) is 3.15. The van der Waals surface area contributed by atoms with Gasteiger partial charge in [0, 0.05) is 25.6 Å². The quantitative estimate of drug-likeness (QED) is 0.557. The lowest BCUT2D eigenvalue weighted by Gasteiger charge is -2.15. The first-order chi connectivity index (χ1) is 10.4. The molecule has 0 saturated heterocycles. The Morgan fingerprint density at radius 3 is 2.32 bits per heavy atom. The molecule has 0 aliphatic carbocycles. The van der Waals surface area contributed by atoms with Crippen LogP contribution in [0.1, 0.15) is 36.5 Å². The number of benzene rings is 1. The van der Waals surface area contributed by atoms with Gasteiger partial charge in [-0.3, -0.25) is 14.4 Å². The maximum atomic E-state index is 11.7. The number of Topliss-reactive ketones (excluding diaryl/α,β-unsaturated/α-hetero) is 1. The van der Waals surface area contributed by atoms with Crippen LogP contribution >= 0.6 is 0 Å². The van der Waals surface area contributed by atoms with Gasteiger partial charge in [-0.15, -0.1) is 0 Å². The average molecular weight is 307 g/mol. The van der Waals surface area contributed by atoms with Crippen LogP contribution in [0.3, 0.4) is 0 Å². The van der Waals surface area contributed by atoms with E-state index < -0.39 is 5.97 Å². The van der Waals surface area contributed by atoms with Crippen LogP contribution in [-0.2, 0) is 9.59 Å². The minimum absolute atomic E-state index is 0.00143. The van der Waals surface area contributed by atoms with Crippen LogP contribution in [-0.4, -0.2) is 47.9 Å². The highest BCUT2D eigenvalue weighted by Gasteiger charge is 2.10. The lowest BCUT2D eigenvalue weighted by Crippen LogP contribution is -2.29. The second-order valence-electron chi connectivity index (χ2n) is 4.99. The van der Waals surface area contributed by atoms with E-state index >= 15 is 0 Å². The van der Waals surface area contributed by atoms with Gasteiger partial charge >= 0.3 is 5.97 Å². The zero-order valence-electron chi connectivity index (χ0n) is 12.9.